The zero-order valence-corrected chi connectivity index (χ0v) is 11.9. The van der Waals surface area contributed by atoms with Crippen molar-refractivity contribution in [2.45, 2.75) is 51.2 Å². The number of esters is 1. The molecule has 18 heavy (non-hydrogen) atoms. The molecule has 5 nitrogen and oxygen atoms in total. The molecule has 0 bridgehead atoms. The van der Waals surface area contributed by atoms with Crippen LogP contribution in [0.2, 0.25) is 0 Å². The molecule has 3 atom stereocenters. The van der Waals surface area contributed by atoms with Crippen LogP contribution >= 0.6 is 0 Å². The molecule has 0 saturated carbocycles. The van der Waals surface area contributed by atoms with Gasteiger partial charge in [0.05, 0.1) is 20.3 Å². The van der Waals surface area contributed by atoms with E-state index >= 15 is 0 Å². The summed E-state index contributed by atoms with van der Waals surface area (Å²) in [5.41, 5.74) is 5.11. The van der Waals surface area contributed by atoms with Gasteiger partial charge in [0.25, 0.3) is 0 Å². The highest BCUT2D eigenvalue weighted by molar-refractivity contribution is 5.79. The number of nitrogens with two attached hydrogens (primary N) is 1. The lowest BCUT2D eigenvalue weighted by atomic mass is 9.93. The van der Waals surface area contributed by atoms with Crippen molar-refractivity contribution in [1.82, 2.24) is 4.90 Å². The average molecular weight is 258 g/mol. The van der Waals surface area contributed by atoms with Gasteiger partial charge >= 0.3 is 5.97 Å². The van der Waals surface area contributed by atoms with Crippen LogP contribution in [0.15, 0.2) is 0 Å². The van der Waals surface area contributed by atoms with Crippen molar-refractivity contribution in [3.63, 3.8) is 0 Å². The smallest absolute Gasteiger partial charge is 0.325 e. The molecule has 106 valence electrons. The molecule has 0 amide bonds. The summed E-state index contributed by atoms with van der Waals surface area (Å²) >= 11 is 0. The Bertz CT molecular complexity index is 281. The number of hydrogen-bond donors (Lipinski definition) is 1. The molecule has 5 heteroatoms. The van der Waals surface area contributed by atoms with Crippen molar-refractivity contribution in [2.75, 3.05) is 26.9 Å². The molecular weight excluding hydrogens is 232 g/mol. The van der Waals surface area contributed by atoms with E-state index in [9.17, 15) is 4.79 Å². The Kier molecular flexibility index (Phi) is 5.56. The molecule has 2 N–H and O–H groups in total. The fraction of sp³-hybridized carbons (Fsp3) is 0.923. The maximum atomic E-state index is 11.6. The fourth-order valence-electron chi connectivity index (χ4n) is 2.65. The molecule has 1 rings (SSSR count). The Morgan fingerprint density at radius 1 is 1.67 bits per heavy atom. The van der Waals surface area contributed by atoms with E-state index in [0.717, 1.165) is 26.2 Å². The van der Waals surface area contributed by atoms with Crippen molar-refractivity contribution in [3.8, 4) is 0 Å². The number of methoxy groups -OCH3 is 1. The molecule has 0 radical (unpaired) electrons. The largest absolute Gasteiger partial charge is 0.468 e. The molecule has 0 aromatic carbocycles. The normalized spacial score (nSPS) is 26.4. The van der Waals surface area contributed by atoms with Crippen LogP contribution in [0.3, 0.4) is 0 Å². The van der Waals surface area contributed by atoms with Gasteiger partial charge in [-0.2, -0.15) is 0 Å². The molecule has 0 aromatic rings. The zero-order chi connectivity index (χ0) is 13.8. The van der Waals surface area contributed by atoms with Gasteiger partial charge < -0.3 is 15.2 Å². The van der Waals surface area contributed by atoms with Gasteiger partial charge in [0, 0.05) is 18.6 Å². The Morgan fingerprint density at radius 2 is 2.33 bits per heavy atom. The Hall–Kier alpha value is -0.650. The van der Waals surface area contributed by atoms with Gasteiger partial charge in [-0.3, -0.25) is 9.69 Å². The van der Waals surface area contributed by atoms with Gasteiger partial charge in [0.1, 0.15) is 5.54 Å². The number of nitrogens with zero attached hydrogens (tertiary/aromatic N) is 1. The third-order valence-electron chi connectivity index (χ3n) is 3.68. The predicted octanol–water partition coefficient (Wildman–Crippen LogP) is 0.766. The van der Waals surface area contributed by atoms with Gasteiger partial charge in [0.15, 0.2) is 0 Å². The van der Waals surface area contributed by atoms with Crippen LogP contribution in [0.1, 0.15) is 33.6 Å². The first-order valence-electron chi connectivity index (χ1n) is 6.63. The van der Waals surface area contributed by atoms with Crippen molar-refractivity contribution < 1.29 is 14.3 Å². The molecule has 1 saturated heterocycles. The minimum Gasteiger partial charge on any atom is -0.468 e. The monoisotopic (exact) mass is 258 g/mol. The summed E-state index contributed by atoms with van der Waals surface area (Å²) in [6.45, 7) is 8.41. The summed E-state index contributed by atoms with van der Waals surface area (Å²) < 4.78 is 10.2. The average Bonchev–Trinajstić information content (AvgIpc) is 2.36. The molecule has 1 aliphatic rings. The van der Waals surface area contributed by atoms with E-state index in [4.69, 9.17) is 15.2 Å². The lowest BCUT2D eigenvalue weighted by molar-refractivity contribution is -0.147. The van der Waals surface area contributed by atoms with Crippen molar-refractivity contribution in [1.29, 1.82) is 0 Å². The maximum absolute atomic E-state index is 11.6. The molecule has 1 heterocycles. The molecular formula is C13H26N2O3. The standard InChI is InChI=1S/C13H26N2O3/c1-5-11-9-18-7-6-15(11)10(2)8-13(3,14)12(16)17-4/h10-11H,5-9,14H2,1-4H3. The number of carbonyl (C=O) groups excluding carboxylic acids is 1. The molecule has 0 aromatic heterocycles. The SMILES string of the molecule is CCC1COCCN1C(C)CC(C)(N)C(=O)OC. The van der Waals surface area contributed by atoms with Gasteiger partial charge in [-0.05, 0) is 26.7 Å². The number of ether oxygens (including phenoxy) is 2. The predicted molar refractivity (Wildman–Crippen MR) is 70.3 cm³/mol. The van der Waals surface area contributed by atoms with Crippen molar-refractivity contribution >= 4 is 5.97 Å². The van der Waals surface area contributed by atoms with E-state index < -0.39 is 5.54 Å². The lowest BCUT2D eigenvalue weighted by Crippen LogP contribution is -2.55. The summed E-state index contributed by atoms with van der Waals surface area (Å²) in [5, 5.41) is 0. The quantitative estimate of drug-likeness (QED) is 0.738. The van der Waals surface area contributed by atoms with Crippen LogP contribution in [0.5, 0.6) is 0 Å². The summed E-state index contributed by atoms with van der Waals surface area (Å²) in [5.74, 6) is -0.351. The zero-order valence-electron chi connectivity index (χ0n) is 11.9. The van der Waals surface area contributed by atoms with Crippen LogP contribution in [-0.4, -0.2) is 55.4 Å². The second-order valence-corrected chi connectivity index (χ2v) is 5.34. The molecule has 3 unspecified atom stereocenters. The summed E-state index contributed by atoms with van der Waals surface area (Å²) in [4.78, 5) is 14.0. The van der Waals surface area contributed by atoms with Gasteiger partial charge in [-0.15, -0.1) is 0 Å². The van der Waals surface area contributed by atoms with Crippen LogP contribution in [0.25, 0.3) is 0 Å². The maximum Gasteiger partial charge on any atom is 0.325 e. The van der Waals surface area contributed by atoms with Crippen molar-refractivity contribution in [3.05, 3.63) is 0 Å². The summed E-state index contributed by atoms with van der Waals surface area (Å²) in [7, 11) is 1.38. The van der Waals surface area contributed by atoms with Crippen LogP contribution in [-0.2, 0) is 14.3 Å². The summed E-state index contributed by atoms with van der Waals surface area (Å²) in [6.07, 6.45) is 1.64. The Morgan fingerprint density at radius 3 is 2.89 bits per heavy atom. The van der Waals surface area contributed by atoms with Crippen LogP contribution < -0.4 is 5.73 Å². The number of carbonyl (C=O) groups is 1. The number of hydrogen-bond acceptors (Lipinski definition) is 5. The Labute approximate surface area is 110 Å². The minimum absolute atomic E-state index is 0.243. The van der Waals surface area contributed by atoms with Gasteiger partial charge in [0.2, 0.25) is 0 Å². The van der Waals surface area contributed by atoms with Gasteiger partial charge in [-0.1, -0.05) is 6.92 Å². The van der Waals surface area contributed by atoms with Crippen LogP contribution in [0, 0.1) is 0 Å². The highest BCUT2D eigenvalue weighted by Crippen LogP contribution is 2.20. The van der Waals surface area contributed by atoms with E-state index in [0.29, 0.717) is 12.5 Å². The fourth-order valence-corrected chi connectivity index (χ4v) is 2.65. The van der Waals surface area contributed by atoms with Crippen molar-refractivity contribution in [2.24, 2.45) is 5.73 Å². The highest BCUT2D eigenvalue weighted by atomic mass is 16.5. The second-order valence-electron chi connectivity index (χ2n) is 5.34. The van der Waals surface area contributed by atoms with E-state index in [1.54, 1.807) is 6.92 Å². The van der Waals surface area contributed by atoms with E-state index in [1.165, 1.54) is 7.11 Å². The summed E-state index contributed by atoms with van der Waals surface area (Å²) in [6, 6.07) is 0.662. The Balaban J connectivity index is 2.63. The third-order valence-corrected chi connectivity index (χ3v) is 3.68. The second kappa shape index (κ2) is 6.50. The van der Waals surface area contributed by atoms with E-state index in [-0.39, 0.29) is 12.0 Å². The lowest BCUT2D eigenvalue weighted by Gasteiger charge is -2.41. The molecule has 0 spiro atoms. The third kappa shape index (κ3) is 3.67. The number of morpholine rings is 1. The number of rotatable bonds is 5. The van der Waals surface area contributed by atoms with E-state index in [1.807, 2.05) is 0 Å². The topological polar surface area (TPSA) is 64.8 Å². The highest BCUT2D eigenvalue weighted by Gasteiger charge is 2.35. The first kappa shape index (κ1) is 15.4. The molecule has 1 aliphatic heterocycles. The van der Waals surface area contributed by atoms with E-state index in [2.05, 4.69) is 18.7 Å². The molecule has 0 aliphatic carbocycles. The first-order chi connectivity index (χ1) is 8.42. The van der Waals surface area contributed by atoms with Gasteiger partial charge in [-0.25, -0.2) is 0 Å². The van der Waals surface area contributed by atoms with Crippen LogP contribution in [0.4, 0.5) is 0 Å². The minimum atomic E-state index is -0.926. The molecule has 1 fully saturated rings. The first-order valence-corrected chi connectivity index (χ1v) is 6.63.